The van der Waals surface area contributed by atoms with E-state index in [0.29, 0.717) is 24.7 Å². The number of benzene rings is 1. The van der Waals surface area contributed by atoms with E-state index in [1.807, 2.05) is 26.0 Å². The third-order valence-electron chi connectivity index (χ3n) is 2.71. The average molecular weight is 325 g/mol. The molecule has 0 aliphatic heterocycles. The predicted octanol–water partition coefficient (Wildman–Crippen LogP) is 3.10. The van der Waals surface area contributed by atoms with Crippen LogP contribution in [0.15, 0.2) is 24.3 Å². The minimum atomic E-state index is -0.362. The van der Waals surface area contributed by atoms with Gasteiger partial charge in [-0.05, 0) is 32.4 Å². The van der Waals surface area contributed by atoms with Gasteiger partial charge < -0.3 is 14.8 Å². The zero-order valence-corrected chi connectivity index (χ0v) is 14.1. The van der Waals surface area contributed by atoms with Gasteiger partial charge >= 0.3 is 5.97 Å². The minimum Gasteiger partial charge on any atom is -0.492 e. The molecule has 0 radical (unpaired) electrons. The molecule has 0 aliphatic carbocycles. The highest BCUT2D eigenvalue weighted by Gasteiger charge is 2.17. The van der Waals surface area contributed by atoms with E-state index < -0.39 is 0 Å². The molecule has 0 spiro atoms. The number of carbonyl (C=O) groups excluding carboxylic acids is 2. The number of amides is 1. The Kier molecular flexibility index (Phi) is 8.43. The highest BCUT2D eigenvalue weighted by Crippen LogP contribution is 2.24. The zero-order chi connectivity index (χ0) is 16.4. The van der Waals surface area contributed by atoms with Gasteiger partial charge in [0.25, 0.3) is 0 Å². The van der Waals surface area contributed by atoms with E-state index in [1.165, 1.54) is 11.8 Å². The van der Waals surface area contributed by atoms with Gasteiger partial charge in [-0.3, -0.25) is 9.59 Å². The summed E-state index contributed by atoms with van der Waals surface area (Å²) in [4.78, 5) is 23.6. The number of carbonyl (C=O) groups is 2. The Morgan fingerprint density at radius 3 is 2.68 bits per heavy atom. The van der Waals surface area contributed by atoms with Gasteiger partial charge in [0.05, 0.1) is 24.7 Å². The van der Waals surface area contributed by atoms with Gasteiger partial charge in [0.2, 0.25) is 5.91 Å². The van der Waals surface area contributed by atoms with Crippen molar-refractivity contribution in [3.63, 3.8) is 0 Å². The highest BCUT2D eigenvalue weighted by atomic mass is 32.2. The number of hydrogen-bond acceptors (Lipinski definition) is 5. The minimum absolute atomic E-state index is 0.174. The average Bonchev–Trinajstić information content (AvgIpc) is 2.52. The molecule has 0 fully saturated rings. The molecule has 0 bridgehead atoms. The number of thioether (sulfide) groups is 1. The van der Waals surface area contributed by atoms with Crippen LogP contribution in [0.2, 0.25) is 0 Å². The van der Waals surface area contributed by atoms with Crippen LogP contribution >= 0.6 is 11.8 Å². The first-order valence-electron chi connectivity index (χ1n) is 7.38. The van der Waals surface area contributed by atoms with E-state index in [9.17, 15) is 9.59 Å². The van der Waals surface area contributed by atoms with Crippen LogP contribution < -0.4 is 10.1 Å². The summed E-state index contributed by atoms with van der Waals surface area (Å²) in [6.45, 7) is 6.51. The molecule has 1 rings (SSSR count). The summed E-state index contributed by atoms with van der Waals surface area (Å²) in [5, 5.41) is 2.43. The molecule has 0 saturated carbocycles. The normalized spacial score (nSPS) is 11.6. The standard InChI is InChI=1S/C16H23NO4S/c1-4-10-21-16(19)12(3)22-11-15(18)17-13-8-6-7-9-14(13)20-5-2/h6-9,12H,4-5,10-11H2,1-3H3,(H,17,18). The van der Waals surface area contributed by atoms with Gasteiger partial charge in [0.15, 0.2) is 0 Å². The summed E-state index contributed by atoms with van der Waals surface area (Å²) >= 11 is 1.25. The first-order chi connectivity index (χ1) is 10.6. The monoisotopic (exact) mass is 325 g/mol. The molecular formula is C16H23NO4S. The van der Waals surface area contributed by atoms with Crippen molar-refractivity contribution >= 4 is 29.3 Å². The number of anilines is 1. The number of para-hydroxylation sites is 2. The maximum absolute atomic E-state index is 12.0. The third kappa shape index (κ3) is 6.39. The van der Waals surface area contributed by atoms with Gasteiger partial charge in [-0.25, -0.2) is 0 Å². The second kappa shape index (κ2) is 10.1. The quantitative estimate of drug-likeness (QED) is 0.707. The van der Waals surface area contributed by atoms with Crippen LogP contribution in [-0.4, -0.2) is 36.1 Å². The number of hydrogen-bond donors (Lipinski definition) is 1. The lowest BCUT2D eigenvalue weighted by molar-refractivity contribution is -0.142. The number of ether oxygens (including phenoxy) is 2. The van der Waals surface area contributed by atoms with Crippen molar-refractivity contribution in [2.75, 3.05) is 24.3 Å². The van der Waals surface area contributed by atoms with Crippen molar-refractivity contribution < 1.29 is 19.1 Å². The smallest absolute Gasteiger partial charge is 0.318 e. The topological polar surface area (TPSA) is 64.6 Å². The molecule has 0 heterocycles. The Labute approximate surface area is 135 Å². The Morgan fingerprint density at radius 2 is 2.00 bits per heavy atom. The van der Waals surface area contributed by atoms with Crippen molar-refractivity contribution in [2.45, 2.75) is 32.4 Å². The Morgan fingerprint density at radius 1 is 1.27 bits per heavy atom. The first kappa shape index (κ1) is 18.4. The fraction of sp³-hybridized carbons (Fsp3) is 0.500. The molecule has 0 saturated heterocycles. The zero-order valence-electron chi connectivity index (χ0n) is 13.3. The summed E-state index contributed by atoms with van der Waals surface area (Å²) in [5.74, 6) is 0.364. The lowest BCUT2D eigenvalue weighted by Crippen LogP contribution is -2.21. The number of esters is 1. The Hall–Kier alpha value is -1.69. The fourth-order valence-electron chi connectivity index (χ4n) is 1.63. The van der Waals surface area contributed by atoms with Crippen LogP contribution in [-0.2, 0) is 14.3 Å². The van der Waals surface area contributed by atoms with Gasteiger partial charge in [-0.2, -0.15) is 0 Å². The molecular weight excluding hydrogens is 302 g/mol. The SMILES string of the molecule is CCCOC(=O)C(C)SCC(=O)Nc1ccccc1OCC. The Balaban J connectivity index is 2.45. The molecule has 1 atom stereocenters. The maximum atomic E-state index is 12.0. The van der Waals surface area contributed by atoms with Crippen LogP contribution in [0.25, 0.3) is 0 Å². The van der Waals surface area contributed by atoms with Crippen LogP contribution in [0.3, 0.4) is 0 Å². The second-order valence-electron chi connectivity index (χ2n) is 4.60. The number of rotatable bonds is 9. The summed E-state index contributed by atoms with van der Waals surface area (Å²) in [6.07, 6.45) is 0.790. The summed E-state index contributed by atoms with van der Waals surface area (Å²) in [5.41, 5.74) is 0.635. The molecule has 0 aliphatic rings. The van der Waals surface area contributed by atoms with Crippen molar-refractivity contribution in [3.05, 3.63) is 24.3 Å². The third-order valence-corrected chi connectivity index (χ3v) is 3.83. The summed E-state index contributed by atoms with van der Waals surface area (Å²) in [6, 6.07) is 7.26. The largest absolute Gasteiger partial charge is 0.492 e. The summed E-state index contributed by atoms with van der Waals surface area (Å²) < 4.78 is 10.5. The molecule has 122 valence electrons. The van der Waals surface area contributed by atoms with Gasteiger partial charge in [-0.1, -0.05) is 19.1 Å². The first-order valence-corrected chi connectivity index (χ1v) is 8.43. The molecule has 5 nitrogen and oxygen atoms in total. The van der Waals surface area contributed by atoms with Crippen molar-refractivity contribution in [3.8, 4) is 5.75 Å². The lowest BCUT2D eigenvalue weighted by atomic mass is 10.3. The van der Waals surface area contributed by atoms with Crippen LogP contribution in [0, 0.1) is 0 Å². The van der Waals surface area contributed by atoms with E-state index >= 15 is 0 Å². The molecule has 1 aromatic rings. The summed E-state index contributed by atoms with van der Waals surface area (Å²) in [7, 11) is 0. The molecule has 1 amide bonds. The van der Waals surface area contributed by atoms with E-state index in [4.69, 9.17) is 9.47 Å². The van der Waals surface area contributed by atoms with Crippen LogP contribution in [0.1, 0.15) is 27.2 Å². The van der Waals surface area contributed by atoms with Crippen LogP contribution in [0.4, 0.5) is 5.69 Å². The van der Waals surface area contributed by atoms with Crippen molar-refractivity contribution in [1.82, 2.24) is 0 Å². The van der Waals surface area contributed by atoms with Crippen molar-refractivity contribution in [2.24, 2.45) is 0 Å². The number of nitrogens with one attached hydrogen (secondary N) is 1. The second-order valence-corrected chi connectivity index (χ2v) is 5.93. The molecule has 1 unspecified atom stereocenters. The molecule has 6 heteroatoms. The van der Waals surface area contributed by atoms with E-state index in [2.05, 4.69) is 5.32 Å². The van der Waals surface area contributed by atoms with E-state index in [-0.39, 0.29) is 22.9 Å². The van der Waals surface area contributed by atoms with E-state index in [0.717, 1.165) is 6.42 Å². The predicted molar refractivity (Wildman–Crippen MR) is 89.4 cm³/mol. The molecule has 22 heavy (non-hydrogen) atoms. The molecule has 0 aromatic heterocycles. The van der Waals surface area contributed by atoms with Crippen molar-refractivity contribution in [1.29, 1.82) is 0 Å². The Bertz CT molecular complexity index is 493. The fourth-order valence-corrected chi connectivity index (χ4v) is 2.30. The van der Waals surface area contributed by atoms with Gasteiger partial charge in [0.1, 0.15) is 11.0 Å². The van der Waals surface area contributed by atoms with Gasteiger partial charge in [-0.15, -0.1) is 11.8 Å². The van der Waals surface area contributed by atoms with Gasteiger partial charge in [0, 0.05) is 0 Å². The molecule has 1 N–H and O–H groups in total. The van der Waals surface area contributed by atoms with E-state index in [1.54, 1.807) is 19.1 Å². The highest BCUT2D eigenvalue weighted by molar-refractivity contribution is 8.01. The van der Waals surface area contributed by atoms with Crippen LogP contribution in [0.5, 0.6) is 5.75 Å². The lowest BCUT2D eigenvalue weighted by Gasteiger charge is -2.13. The maximum Gasteiger partial charge on any atom is 0.318 e. The molecule has 1 aromatic carbocycles.